The monoisotopic (exact) mass is 483 g/mol. The highest BCUT2D eigenvalue weighted by molar-refractivity contribution is 7.85. The van der Waals surface area contributed by atoms with Crippen LogP contribution in [0.5, 0.6) is 0 Å². The Morgan fingerprint density at radius 3 is 1.86 bits per heavy atom. The number of hydrogen-bond acceptors (Lipinski definition) is 7. The minimum absolute atomic E-state index is 0.0645. The lowest BCUT2D eigenvalue weighted by molar-refractivity contribution is 0.481. The predicted octanol–water partition coefficient (Wildman–Crippen LogP) is 2.57. The fourth-order valence-electron chi connectivity index (χ4n) is 3.90. The van der Waals surface area contributed by atoms with Crippen molar-refractivity contribution in [3.8, 4) is 0 Å². The average Bonchev–Trinajstić information content (AvgIpc) is 2.86. The van der Waals surface area contributed by atoms with Crippen molar-refractivity contribution in [2.24, 2.45) is 10.1 Å². The SMILES string of the molecule is O=c1c2c(=Nc3ccccc3)cc(S(=O)(=O)O)c(=NNc3ccccc3)c=2c(=O)c2ccccc12. The van der Waals surface area contributed by atoms with Gasteiger partial charge in [-0.05, 0) is 30.3 Å². The summed E-state index contributed by atoms with van der Waals surface area (Å²) in [6.45, 7) is 0. The van der Waals surface area contributed by atoms with E-state index in [1.807, 2.05) is 0 Å². The van der Waals surface area contributed by atoms with Crippen molar-refractivity contribution in [3.05, 3.63) is 133 Å². The largest absolute Gasteiger partial charge is 0.296 e. The van der Waals surface area contributed by atoms with Crippen LogP contribution in [0.1, 0.15) is 0 Å². The Morgan fingerprint density at radius 1 is 0.714 bits per heavy atom. The first kappa shape index (κ1) is 22.3. The molecule has 0 bridgehead atoms. The second kappa shape index (κ2) is 8.71. The van der Waals surface area contributed by atoms with E-state index < -0.39 is 25.9 Å². The van der Waals surface area contributed by atoms with Gasteiger partial charge in [0.15, 0.2) is 10.9 Å². The maximum Gasteiger partial charge on any atom is 0.296 e. The van der Waals surface area contributed by atoms with Gasteiger partial charge in [0.25, 0.3) is 10.1 Å². The van der Waals surface area contributed by atoms with Gasteiger partial charge in [-0.3, -0.25) is 19.6 Å². The Labute approximate surface area is 198 Å². The molecule has 3 aromatic rings. The summed E-state index contributed by atoms with van der Waals surface area (Å²) in [7, 11) is -4.86. The zero-order valence-corrected chi connectivity index (χ0v) is 18.9. The second-order valence-corrected chi connectivity index (χ2v) is 9.10. The van der Waals surface area contributed by atoms with E-state index in [4.69, 9.17) is 0 Å². The van der Waals surface area contributed by atoms with E-state index in [2.05, 4.69) is 15.5 Å². The number of anilines is 1. The topological polar surface area (TPSA) is 125 Å². The van der Waals surface area contributed by atoms with E-state index in [0.717, 1.165) is 6.07 Å². The number of nitrogens with zero attached hydrogens (tertiary/aromatic N) is 2. The van der Waals surface area contributed by atoms with Gasteiger partial charge < -0.3 is 0 Å². The first-order valence-corrected chi connectivity index (χ1v) is 11.9. The smallest absolute Gasteiger partial charge is 0.288 e. The molecular formula is C26H17N3O5S. The molecule has 0 aliphatic heterocycles. The number of fused-ring (bicyclic) bond motifs is 1. The zero-order valence-electron chi connectivity index (χ0n) is 18.0. The lowest BCUT2D eigenvalue weighted by Gasteiger charge is -2.05. The Morgan fingerprint density at radius 2 is 1.26 bits per heavy atom. The van der Waals surface area contributed by atoms with Crippen molar-refractivity contribution in [1.82, 2.24) is 0 Å². The summed E-state index contributed by atoms with van der Waals surface area (Å²) >= 11 is 0. The first-order chi connectivity index (χ1) is 16.8. The van der Waals surface area contributed by atoms with E-state index in [-0.39, 0.29) is 31.9 Å². The third-order valence-electron chi connectivity index (χ3n) is 5.47. The molecule has 5 rings (SSSR count). The van der Waals surface area contributed by atoms with Gasteiger partial charge >= 0.3 is 0 Å². The summed E-state index contributed by atoms with van der Waals surface area (Å²) < 4.78 is 34.9. The van der Waals surface area contributed by atoms with Gasteiger partial charge in [0.2, 0.25) is 0 Å². The average molecular weight is 484 g/mol. The van der Waals surface area contributed by atoms with Gasteiger partial charge in [-0.25, -0.2) is 4.99 Å². The summed E-state index contributed by atoms with van der Waals surface area (Å²) in [5.41, 5.74) is 2.55. The van der Waals surface area contributed by atoms with Gasteiger partial charge in [-0.2, -0.15) is 13.5 Å². The van der Waals surface area contributed by atoms with Gasteiger partial charge in [-0.1, -0.05) is 60.7 Å². The normalized spacial score (nSPS) is 12.9. The standard InChI is InChI=1S/C26H17N3O5S/c30-25-18-13-7-8-14-19(18)26(31)23-22(25)20(27-16-9-3-1-4-10-16)15-21(35(32,33)34)24(23)29-28-17-11-5-2-6-12-17/h1-15,28H,(H,32,33,34). The molecule has 0 fully saturated rings. The van der Waals surface area contributed by atoms with E-state index in [0.29, 0.717) is 11.4 Å². The fraction of sp³-hybridized carbons (Fsp3) is 0. The Balaban J connectivity index is 2.07. The molecule has 2 N–H and O–H groups in total. The van der Waals surface area contributed by atoms with Crippen molar-refractivity contribution in [1.29, 1.82) is 0 Å². The van der Waals surface area contributed by atoms with Crippen LogP contribution in [-0.4, -0.2) is 13.0 Å². The van der Waals surface area contributed by atoms with Gasteiger partial charge in [0, 0.05) is 10.8 Å². The van der Waals surface area contributed by atoms with Crippen LogP contribution < -0.4 is 27.0 Å². The molecule has 8 nitrogen and oxygen atoms in total. The molecule has 0 saturated heterocycles. The maximum atomic E-state index is 13.6. The highest BCUT2D eigenvalue weighted by atomic mass is 32.2. The van der Waals surface area contributed by atoms with Crippen molar-refractivity contribution in [2.75, 3.05) is 5.43 Å². The van der Waals surface area contributed by atoms with E-state index >= 15 is 0 Å². The van der Waals surface area contributed by atoms with Gasteiger partial charge in [0.1, 0.15) is 10.3 Å². The molecule has 0 radical (unpaired) electrons. The van der Waals surface area contributed by atoms with Crippen LogP contribution in [0.2, 0.25) is 0 Å². The quantitative estimate of drug-likeness (QED) is 0.299. The highest BCUT2D eigenvalue weighted by Crippen LogP contribution is 2.11. The molecule has 2 aliphatic rings. The van der Waals surface area contributed by atoms with E-state index in [9.17, 15) is 22.6 Å². The summed E-state index contributed by atoms with van der Waals surface area (Å²) in [5.74, 6) is 0. The fourth-order valence-corrected chi connectivity index (χ4v) is 4.56. The Bertz CT molecular complexity index is 1980. The molecule has 3 aromatic carbocycles. The first-order valence-electron chi connectivity index (χ1n) is 10.5. The highest BCUT2D eigenvalue weighted by Gasteiger charge is 2.20. The Hall–Kier alpha value is -4.47. The van der Waals surface area contributed by atoms with E-state index in [1.165, 1.54) is 12.1 Å². The third-order valence-corrected chi connectivity index (χ3v) is 6.34. The molecule has 0 amide bonds. The lowest BCUT2D eigenvalue weighted by atomic mass is 10.0. The van der Waals surface area contributed by atoms with Crippen LogP contribution in [-0.2, 0) is 10.1 Å². The van der Waals surface area contributed by atoms with Crippen LogP contribution in [0.25, 0.3) is 10.8 Å². The summed E-state index contributed by atoms with van der Waals surface area (Å²) in [6.07, 6.45) is 0. The molecule has 0 spiro atoms. The van der Waals surface area contributed by atoms with Crippen LogP contribution in [0.15, 0.2) is 116 Å². The van der Waals surface area contributed by atoms with Crippen molar-refractivity contribution in [2.45, 2.75) is 4.90 Å². The van der Waals surface area contributed by atoms with Gasteiger partial charge in [-0.15, -0.1) is 0 Å². The summed E-state index contributed by atoms with van der Waals surface area (Å²) in [5, 5.41) is 3.68. The van der Waals surface area contributed by atoms with E-state index in [1.54, 1.807) is 72.8 Å². The van der Waals surface area contributed by atoms with Crippen molar-refractivity contribution in [3.63, 3.8) is 0 Å². The van der Waals surface area contributed by atoms with Crippen LogP contribution in [0, 0.1) is 10.4 Å². The molecular weight excluding hydrogens is 466 g/mol. The summed E-state index contributed by atoms with van der Waals surface area (Å²) in [6, 6.07) is 24.5. The number of hydrogen-bond donors (Lipinski definition) is 2. The molecule has 35 heavy (non-hydrogen) atoms. The minimum atomic E-state index is -4.86. The number of rotatable bonds is 4. The molecule has 2 aliphatic carbocycles. The third kappa shape index (κ3) is 4.14. The molecule has 0 heterocycles. The summed E-state index contributed by atoms with van der Waals surface area (Å²) in [4.78, 5) is 31.0. The van der Waals surface area contributed by atoms with Crippen LogP contribution in [0.3, 0.4) is 0 Å². The lowest BCUT2D eigenvalue weighted by Crippen LogP contribution is -2.33. The number of benzene rings is 3. The van der Waals surface area contributed by atoms with Crippen LogP contribution >= 0.6 is 0 Å². The Kier molecular flexibility index (Phi) is 5.56. The molecule has 0 saturated carbocycles. The predicted molar refractivity (Wildman–Crippen MR) is 131 cm³/mol. The molecule has 172 valence electrons. The second-order valence-electron chi connectivity index (χ2n) is 7.71. The molecule has 9 heteroatoms. The molecule has 0 unspecified atom stereocenters. The van der Waals surface area contributed by atoms with Crippen molar-refractivity contribution >= 4 is 32.3 Å². The van der Waals surface area contributed by atoms with Crippen molar-refractivity contribution < 1.29 is 13.0 Å². The number of para-hydroxylation sites is 2. The molecule has 0 atom stereocenters. The van der Waals surface area contributed by atoms with Gasteiger partial charge in [0.05, 0.1) is 27.2 Å². The number of nitrogens with one attached hydrogen (secondary N) is 1. The minimum Gasteiger partial charge on any atom is -0.288 e. The zero-order chi connectivity index (χ0) is 24.6. The van der Waals surface area contributed by atoms with Crippen LogP contribution in [0.4, 0.5) is 11.4 Å². The molecule has 0 aromatic heterocycles. The maximum absolute atomic E-state index is 13.6.